The van der Waals surface area contributed by atoms with Crippen LogP contribution in [0.2, 0.25) is 0 Å². The Hall–Kier alpha value is -1.22. The van der Waals surface area contributed by atoms with Gasteiger partial charge in [-0.05, 0) is 44.0 Å². The molecule has 1 rings (SSSR count). The van der Waals surface area contributed by atoms with Crippen molar-refractivity contribution >= 4 is 0 Å². The lowest BCUT2D eigenvalue weighted by atomic mass is 10.0. The maximum Gasteiger partial charge on any atom is 0.122 e. The van der Waals surface area contributed by atoms with E-state index in [-0.39, 0.29) is 0 Å². The molecule has 0 saturated heterocycles. The van der Waals surface area contributed by atoms with E-state index < -0.39 is 0 Å². The van der Waals surface area contributed by atoms with E-state index in [0.29, 0.717) is 6.04 Å². The van der Waals surface area contributed by atoms with Gasteiger partial charge in [0.1, 0.15) is 11.5 Å². The van der Waals surface area contributed by atoms with Crippen molar-refractivity contribution in [3.05, 3.63) is 23.8 Å². The van der Waals surface area contributed by atoms with Gasteiger partial charge < -0.3 is 14.8 Å². The lowest BCUT2D eigenvalue weighted by molar-refractivity contribution is 0.393. The zero-order valence-electron chi connectivity index (χ0n) is 11.2. The van der Waals surface area contributed by atoms with Crippen LogP contribution in [-0.2, 0) is 6.42 Å². The molecule has 96 valence electrons. The number of nitrogens with one attached hydrogen (secondary N) is 1. The number of benzene rings is 1. The van der Waals surface area contributed by atoms with Crippen LogP contribution in [0.5, 0.6) is 11.5 Å². The molecule has 0 aromatic heterocycles. The topological polar surface area (TPSA) is 30.5 Å². The van der Waals surface area contributed by atoms with E-state index in [4.69, 9.17) is 9.47 Å². The number of methoxy groups -OCH3 is 2. The minimum absolute atomic E-state index is 0.576. The molecule has 1 aromatic carbocycles. The second-order valence-corrected chi connectivity index (χ2v) is 4.15. The summed E-state index contributed by atoms with van der Waals surface area (Å²) in [6.45, 7) is 2.20. The van der Waals surface area contributed by atoms with Crippen LogP contribution in [0, 0.1) is 0 Å². The van der Waals surface area contributed by atoms with Crippen LogP contribution in [0.1, 0.15) is 25.3 Å². The van der Waals surface area contributed by atoms with Crippen molar-refractivity contribution in [1.82, 2.24) is 5.32 Å². The van der Waals surface area contributed by atoms with Crippen LogP contribution in [0.25, 0.3) is 0 Å². The number of aryl methyl sites for hydroxylation is 1. The third-order valence-corrected chi connectivity index (χ3v) is 3.09. The van der Waals surface area contributed by atoms with Crippen LogP contribution in [0.4, 0.5) is 0 Å². The van der Waals surface area contributed by atoms with Crippen LogP contribution in [0.3, 0.4) is 0 Å². The Labute approximate surface area is 104 Å². The van der Waals surface area contributed by atoms with E-state index in [1.54, 1.807) is 14.2 Å². The summed E-state index contributed by atoms with van der Waals surface area (Å²) < 4.78 is 10.5. The fraction of sp³-hybridized carbons (Fsp3) is 0.571. The lowest BCUT2D eigenvalue weighted by Crippen LogP contribution is -2.24. The maximum absolute atomic E-state index is 5.26. The molecule has 0 aliphatic rings. The van der Waals surface area contributed by atoms with Gasteiger partial charge in [0.25, 0.3) is 0 Å². The van der Waals surface area contributed by atoms with Crippen molar-refractivity contribution in [1.29, 1.82) is 0 Å². The molecule has 1 atom stereocenters. The average Bonchev–Trinajstić information content (AvgIpc) is 2.39. The molecule has 1 N–H and O–H groups in total. The summed E-state index contributed by atoms with van der Waals surface area (Å²) in [7, 11) is 5.38. The fourth-order valence-corrected chi connectivity index (χ4v) is 1.90. The molecule has 0 aliphatic heterocycles. The Morgan fingerprint density at radius 3 is 2.12 bits per heavy atom. The third kappa shape index (κ3) is 4.27. The van der Waals surface area contributed by atoms with Crippen LogP contribution in [-0.4, -0.2) is 27.3 Å². The van der Waals surface area contributed by atoms with Crippen molar-refractivity contribution in [3.8, 4) is 11.5 Å². The summed E-state index contributed by atoms with van der Waals surface area (Å²) in [6.07, 6.45) is 3.31. The zero-order chi connectivity index (χ0) is 12.7. The average molecular weight is 237 g/mol. The van der Waals surface area contributed by atoms with E-state index in [9.17, 15) is 0 Å². The number of ether oxygens (including phenoxy) is 2. The van der Waals surface area contributed by atoms with Gasteiger partial charge in [0.15, 0.2) is 0 Å². The molecule has 0 spiro atoms. The summed E-state index contributed by atoms with van der Waals surface area (Å²) in [4.78, 5) is 0. The Morgan fingerprint density at radius 2 is 1.71 bits per heavy atom. The summed E-state index contributed by atoms with van der Waals surface area (Å²) in [5, 5.41) is 3.32. The summed E-state index contributed by atoms with van der Waals surface area (Å²) in [6, 6.07) is 6.63. The molecule has 0 amide bonds. The highest BCUT2D eigenvalue weighted by Crippen LogP contribution is 2.23. The van der Waals surface area contributed by atoms with Crippen molar-refractivity contribution in [2.45, 2.75) is 32.2 Å². The molecular weight excluding hydrogens is 214 g/mol. The van der Waals surface area contributed by atoms with Crippen molar-refractivity contribution in [3.63, 3.8) is 0 Å². The van der Waals surface area contributed by atoms with E-state index in [0.717, 1.165) is 30.8 Å². The van der Waals surface area contributed by atoms with Gasteiger partial charge in [-0.1, -0.05) is 6.92 Å². The standard InChI is InChI=1S/C14H23NO2/c1-5-12(15-2)7-6-11-8-13(16-3)10-14(9-11)17-4/h8-10,12,15H,5-7H2,1-4H3. The second kappa shape index (κ2) is 7.17. The number of hydrogen-bond acceptors (Lipinski definition) is 3. The zero-order valence-corrected chi connectivity index (χ0v) is 11.2. The first kappa shape index (κ1) is 13.8. The van der Waals surface area contributed by atoms with E-state index in [1.807, 2.05) is 13.1 Å². The summed E-state index contributed by atoms with van der Waals surface area (Å²) >= 11 is 0. The van der Waals surface area contributed by atoms with E-state index in [2.05, 4.69) is 24.4 Å². The van der Waals surface area contributed by atoms with Gasteiger partial charge in [0.05, 0.1) is 14.2 Å². The van der Waals surface area contributed by atoms with Crippen molar-refractivity contribution < 1.29 is 9.47 Å². The molecule has 0 saturated carbocycles. The molecule has 1 unspecified atom stereocenters. The SMILES string of the molecule is CCC(CCc1cc(OC)cc(OC)c1)NC. The largest absolute Gasteiger partial charge is 0.497 e. The molecular formula is C14H23NO2. The smallest absolute Gasteiger partial charge is 0.122 e. The third-order valence-electron chi connectivity index (χ3n) is 3.09. The summed E-state index contributed by atoms with van der Waals surface area (Å²) in [5.41, 5.74) is 1.26. The van der Waals surface area contributed by atoms with Crippen LogP contribution in [0.15, 0.2) is 18.2 Å². The molecule has 17 heavy (non-hydrogen) atoms. The van der Waals surface area contributed by atoms with Gasteiger partial charge in [-0.25, -0.2) is 0 Å². The second-order valence-electron chi connectivity index (χ2n) is 4.15. The number of rotatable bonds is 7. The highest BCUT2D eigenvalue weighted by atomic mass is 16.5. The Balaban J connectivity index is 2.69. The number of hydrogen-bond donors (Lipinski definition) is 1. The Kier molecular flexibility index (Phi) is 5.84. The molecule has 3 heteroatoms. The molecule has 0 radical (unpaired) electrons. The first-order valence-electron chi connectivity index (χ1n) is 6.12. The molecule has 3 nitrogen and oxygen atoms in total. The minimum atomic E-state index is 0.576. The highest BCUT2D eigenvalue weighted by Gasteiger charge is 2.06. The highest BCUT2D eigenvalue weighted by molar-refractivity contribution is 5.38. The molecule has 1 aromatic rings. The van der Waals surface area contributed by atoms with Gasteiger partial charge >= 0.3 is 0 Å². The predicted octanol–water partition coefficient (Wildman–Crippen LogP) is 2.63. The summed E-state index contributed by atoms with van der Waals surface area (Å²) in [5.74, 6) is 1.72. The molecule has 0 aliphatic carbocycles. The van der Waals surface area contributed by atoms with E-state index in [1.165, 1.54) is 5.56 Å². The monoisotopic (exact) mass is 237 g/mol. The van der Waals surface area contributed by atoms with E-state index >= 15 is 0 Å². The first-order valence-corrected chi connectivity index (χ1v) is 6.12. The van der Waals surface area contributed by atoms with Gasteiger partial charge in [-0.15, -0.1) is 0 Å². The normalized spacial score (nSPS) is 12.2. The predicted molar refractivity (Wildman–Crippen MR) is 71.0 cm³/mol. The Bertz CT molecular complexity index is 313. The van der Waals surface area contributed by atoms with Crippen molar-refractivity contribution in [2.24, 2.45) is 0 Å². The van der Waals surface area contributed by atoms with Gasteiger partial charge in [-0.2, -0.15) is 0 Å². The Morgan fingerprint density at radius 1 is 1.12 bits per heavy atom. The fourth-order valence-electron chi connectivity index (χ4n) is 1.90. The minimum Gasteiger partial charge on any atom is -0.497 e. The van der Waals surface area contributed by atoms with Gasteiger partial charge in [0, 0.05) is 12.1 Å². The van der Waals surface area contributed by atoms with Crippen LogP contribution >= 0.6 is 0 Å². The quantitative estimate of drug-likeness (QED) is 0.791. The molecule has 0 heterocycles. The first-order chi connectivity index (χ1) is 8.23. The van der Waals surface area contributed by atoms with Gasteiger partial charge in [-0.3, -0.25) is 0 Å². The van der Waals surface area contributed by atoms with Gasteiger partial charge in [0.2, 0.25) is 0 Å². The lowest BCUT2D eigenvalue weighted by Gasteiger charge is -2.14. The van der Waals surface area contributed by atoms with Crippen molar-refractivity contribution in [2.75, 3.05) is 21.3 Å². The maximum atomic E-state index is 5.26. The molecule has 0 fully saturated rings. The van der Waals surface area contributed by atoms with Crippen LogP contribution < -0.4 is 14.8 Å². The molecule has 0 bridgehead atoms.